The van der Waals surface area contributed by atoms with Gasteiger partial charge in [-0.25, -0.2) is 10.0 Å². The molecule has 0 aliphatic heterocycles. The number of nitrogens with one attached hydrogen (secondary N) is 1. The lowest BCUT2D eigenvalue weighted by Crippen LogP contribution is -2.25. The predicted octanol–water partition coefficient (Wildman–Crippen LogP) is 1.20. The van der Waals surface area contributed by atoms with Crippen molar-refractivity contribution in [1.82, 2.24) is 15.0 Å². The number of hydrogen-bond donors (Lipinski definition) is 1. The molecule has 0 atom stereocenters. The molecule has 0 spiro atoms. The van der Waals surface area contributed by atoms with Gasteiger partial charge in [0, 0.05) is 19.0 Å². The molecule has 1 amide bonds. The molecule has 1 heterocycles. The van der Waals surface area contributed by atoms with Crippen molar-refractivity contribution in [2.45, 2.75) is 19.8 Å². The van der Waals surface area contributed by atoms with Crippen LogP contribution in [0, 0.1) is 6.92 Å². The number of hydroxylamine groups is 2. The Morgan fingerprint density at radius 2 is 2.00 bits per heavy atom. The fourth-order valence-electron chi connectivity index (χ4n) is 2.51. The molecule has 0 radical (unpaired) electrons. The first-order valence-corrected chi connectivity index (χ1v) is 7.38. The molecule has 8 heteroatoms. The van der Waals surface area contributed by atoms with Gasteiger partial charge in [-0.1, -0.05) is 0 Å². The number of hydrogen-bond acceptors (Lipinski definition) is 6. The molecule has 0 bridgehead atoms. The third-order valence-corrected chi connectivity index (χ3v) is 3.77. The van der Waals surface area contributed by atoms with Gasteiger partial charge in [-0.05, 0) is 19.4 Å². The van der Waals surface area contributed by atoms with Crippen molar-refractivity contribution in [2.75, 3.05) is 28.4 Å². The van der Waals surface area contributed by atoms with Crippen LogP contribution in [0.2, 0.25) is 0 Å². The van der Waals surface area contributed by atoms with E-state index in [0.29, 0.717) is 40.2 Å². The van der Waals surface area contributed by atoms with Gasteiger partial charge in [0.05, 0.1) is 32.2 Å². The van der Waals surface area contributed by atoms with E-state index in [9.17, 15) is 9.59 Å². The Morgan fingerprint density at radius 1 is 1.29 bits per heavy atom. The van der Waals surface area contributed by atoms with Gasteiger partial charge in [0.25, 0.3) is 5.56 Å². The Labute approximate surface area is 139 Å². The Hall–Kier alpha value is -2.61. The average molecular weight is 335 g/mol. The van der Waals surface area contributed by atoms with Crippen LogP contribution in [0.4, 0.5) is 0 Å². The Balaban J connectivity index is 2.60. The van der Waals surface area contributed by atoms with Crippen LogP contribution < -0.4 is 15.0 Å². The van der Waals surface area contributed by atoms with Gasteiger partial charge in [0.1, 0.15) is 5.82 Å². The standard InChI is InChI=1S/C16H21N3O5/c1-9-17-14-10(6-7-13(20)19(2)24-5)15(23-4)12(22-3)8-11(14)16(21)18-9/h8H,6-7H2,1-5H3,(H,17,18,21). The minimum absolute atomic E-state index is 0.177. The van der Waals surface area contributed by atoms with E-state index in [4.69, 9.17) is 14.3 Å². The first-order chi connectivity index (χ1) is 11.4. The number of aromatic amines is 1. The van der Waals surface area contributed by atoms with E-state index in [0.717, 1.165) is 5.06 Å². The number of aromatic nitrogens is 2. The van der Waals surface area contributed by atoms with Crippen molar-refractivity contribution in [3.8, 4) is 11.5 Å². The van der Waals surface area contributed by atoms with Crippen molar-refractivity contribution in [1.29, 1.82) is 0 Å². The van der Waals surface area contributed by atoms with Crippen LogP contribution in [-0.2, 0) is 16.1 Å². The maximum absolute atomic E-state index is 12.2. The largest absolute Gasteiger partial charge is 0.493 e. The number of ether oxygens (including phenoxy) is 2. The topological polar surface area (TPSA) is 93.8 Å². The van der Waals surface area contributed by atoms with Gasteiger partial charge < -0.3 is 14.5 Å². The fourth-order valence-corrected chi connectivity index (χ4v) is 2.51. The minimum Gasteiger partial charge on any atom is -0.493 e. The second-order valence-electron chi connectivity index (χ2n) is 5.21. The highest BCUT2D eigenvalue weighted by atomic mass is 16.7. The Bertz CT molecular complexity index is 815. The van der Waals surface area contributed by atoms with Crippen LogP contribution in [0.5, 0.6) is 11.5 Å². The fraction of sp³-hybridized carbons (Fsp3) is 0.438. The molecule has 1 aromatic carbocycles. The number of methoxy groups -OCH3 is 2. The molecule has 0 saturated heterocycles. The minimum atomic E-state index is -0.264. The summed E-state index contributed by atoms with van der Waals surface area (Å²) in [5.74, 6) is 1.18. The number of H-pyrrole nitrogens is 1. The second kappa shape index (κ2) is 7.31. The van der Waals surface area contributed by atoms with Crippen LogP contribution in [0.15, 0.2) is 10.9 Å². The SMILES string of the molecule is COc1cc2c(=O)[nH]c(C)nc2c(CCC(=O)N(C)OC)c1OC. The zero-order valence-electron chi connectivity index (χ0n) is 14.4. The van der Waals surface area contributed by atoms with Crippen molar-refractivity contribution in [2.24, 2.45) is 0 Å². The zero-order chi connectivity index (χ0) is 17.9. The van der Waals surface area contributed by atoms with Crippen molar-refractivity contribution in [3.05, 3.63) is 27.8 Å². The van der Waals surface area contributed by atoms with E-state index >= 15 is 0 Å². The van der Waals surface area contributed by atoms with E-state index in [1.165, 1.54) is 28.4 Å². The van der Waals surface area contributed by atoms with E-state index < -0.39 is 0 Å². The lowest BCUT2D eigenvalue weighted by molar-refractivity contribution is -0.168. The van der Waals surface area contributed by atoms with Gasteiger partial charge in [-0.3, -0.25) is 14.4 Å². The molecule has 0 aliphatic rings. The zero-order valence-corrected chi connectivity index (χ0v) is 14.4. The molecule has 2 rings (SSSR count). The molecule has 1 aromatic heterocycles. The molecule has 24 heavy (non-hydrogen) atoms. The summed E-state index contributed by atoms with van der Waals surface area (Å²) >= 11 is 0. The normalized spacial score (nSPS) is 10.7. The number of carbonyl (C=O) groups is 1. The van der Waals surface area contributed by atoms with Gasteiger partial charge >= 0.3 is 0 Å². The van der Waals surface area contributed by atoms with Crippen LogP contribution in [0.1, 0.15) is 17.8 Å². The molecular formula is C16H21N3O5. The number of aryl methyl sites for hydroxylation is 2. The molecule has 0 fully saturated rings. The summed E-state index contributed by atoms with van der Waals surface area (Å²) in [6.07, 6.45) is 0.510. The summed E-state index contributed by atoms with van der Waals surface area (Å²) in [6, 6.07) is 1.59. The number of carbonyl (C=O) groups excluding carboxylic acids is 1. The maximum atomic E-state index is 12.2. The van der Waals surface area contributed by atoms with Crippen LogP contribution in [0.3, 0.4) is 0 Å². The summed E-state index contributed by atoms with van der Waals surface area (Å²) in [6.45, 7) is 1.70. The average Bonchev–Trinajstić information content (AvgIpc) is 2.57. The molecule has 130 valence electrons. The molecule has 0 aliphatic carbocycles. The second-order valence-corrected chi connectivity index (χ2v) is 5.21. The number of nitrogens with zero attached hydrogens (tertiary/aromatic N) is 2. The first-order valence-electron chi connectivity index (χ1n) is 7.38. The smallest absolute Gasteiger partial charge is 0.258 e. The number of benzene rings is 1. The molecule has 2 aromatic rings. The van der Waals surface area contributed by atoms with Crippen LogP contribution >= 0.6 is 0 Å². The quantitative estimate of drug-likeness (QED) is 0.797. The van der Waals surface area contributed by atoms with Gasteiger partial charge in [0.2, 0.25) is 5.91 Å². The van der Waals surface area contributed by atoms with Gasteiger partial charge in [-0.15, -0.1) is 0 Å². The molecule has 0 unspecified atom stereocenters. The lowest BCUT2D eigenvalue weighted by atomic mass is 10.0. The maximum Gasteiger partial charge on any atom is 0.258 e. The molecule has 0 saturated carbocycles. The summed E-state index contributed by atoms with van der Waals surface area (Å²) in [4.78, 5) is 36.2. The predicted molar refractivity (Wildman–Crippen MR) is 88.3 cm³/mol. The lowest BCUT2D eigenvalue weighted by Gasteiger charge is -2.17. The van der Waals surface area contributed by atoms with E-state index in [1.54, 1.807) is 13.0 Å². The molecule has 8 nitrogen and oxygen atoms in total. The number of rotatable bonds is 6. The van der Waals surface area contributed by atoms with Crippen molar-refractivity contribution in [3.63, 3.8) is 0 Å². The Morgan fingerprint density at radius 3 is 2.58 bits per heavy atom. The summed E-state index contributed by atoms with van der Waals surface area (Å²) < 4.78 is 10.8. The monoisotopic (exact) mass is 335 g/mol. The van der Waals surface area contributed by atoms with Crippen molar-refractivity contribution >= 4 is 16.8 Å². The van der Waals surface area contributed by atoms with E-state index in [-0.39, 0.29) is 17.9 Å². The third-order valence-electron chi connectivity index (χ3n) is 3.77. The third kappa shape index (κ3) is 3.33. The van der Waals surface area contributed by atoms with Crippen LogP contribution in [0.25, 0.3) is 10.9 Å². The Kier molecular flexibility index (Phi) is 5.40. The summed E-state index contributed by atoms with van der Waals surface area (Å²) in [5, 5.41) is 1.54. The highest BCUT2D eigenvalue weighted by Crippen LogP contribution is 2.36. The summed E-state index contributed by atoms with van der Waals surface area (Å²) in [5.41, 5.74) is 0.890. The summed E-state index contributed by atoms with van der Waals surface area (Å²) in [7, 11) is 5.96. The molecule has 1 N–H and O–H groups in total. The highest BCUT2D eigenvalue weighted by molar-refractivity contribution is 5.87. The van der Waals surface area contributed by atoms with E-state index in [1.807, 2.05) is 0 Å². The molecular weight excluding hydrogens is 314 g/mol. The van der Waals surface area contributed by atoms with Crippen LogP contribution in [-0.4, -0.2) is 49.3 Å². The van der Waals surface area contributed by atoms with Gasteiger partial charge in [0.15, 0.2) is 11.5 Å². The van der Waals surface area contributed by atoms with Crippen molar-refractivity contribution < 1.29 is 19.1 Å². The highest BCUT2D eigenvalue weighted by Gasteiger charge is 2.20. The number of amides is 1. The van der Waals surface area contributed by atoms with Gasteiger partial charge in [-0.2, -0.15) is 0 Å². The first kappa shape index (κ1) is 17.7. The van der Waals surface area contributed by atoms with E-state index in [2.05, 4.69) is 9.97 Å². The number of fused-ring (bicyclic) bond motifs is 1.